The molecule has 2 heterocycles. The maximum absolute atomic E-state index is 12.4. The lowest BCUT2D eigenvalue weighted by Crippen LogP contribution is -2.39. The molecule has 6 nitrogen and oxygen atoms in total. The van der Waals surface area contributed by atoms with Crippen molar-refractivity contribution in [2.45, 2.75) is 30.7 Å². The number of anilines is 2. The van der Waals surface area contributed by atoms with Crippen LogP contribution in [-0.4, -0.2) is 38.3 Å². The first-order chi connectivity index (χ1) is 13.1. The van der Waals surface area contributed by atoms with Gasteiger partial charge in [-0.1, -0.05) is 31.2 Å². The number of aromatic nitrogens is 1. The van der Waals surface area contributed by atoms with Crippen LogP contribution in [0.3, 0.4) is 0 Å². The molecule has 1 aliphatic rings. The average Bonchev–Trinajstić information content (AvgIpc) is 3.11. The van der Waals surface area contributed by atoms with Crippen molar-refractivity contribution in [3.63, 3.8) is 0 Å². The van der Waals surface area contributed by atoms with Gasteiger partial charge in [0.15, 0.2) is 15.4 Å². The van der Waals surface area contributed by atoms with Crippen molar-refractivity contribution < 1.29 is 12.8 Å². The molecule has 0 unspecified atom stereocenters. The number of benzene rings is 2. The van der Waals surface area contributed by atoms with Crippen molar-refractivity contribution in [1.29, 1.82) is 0 Å². The molecule has 0 amide bonds. The van der Waals surface area contributed by atoms with Gasteiger partial charge < -0.3 is 14.6 Å². The van der Waals surface area contributed by atoms with E-state index in [0.29, 0.717) is 10.9 Å². The summed E-state index contributed by atoms with van der Waals surface area (Å²) < 4.78 is 30.5. The summed E-state index contributed by atoms with van der Waals surface area (Å²) in [6.45, 7) is 3.25. The van der Waals surface area contributed by atoms with E-state index < -0.39 is 9.84 Å². The van der Waals surface area contributed by atoms with Gasteiger partial charge in [-0.3, -0.25) is 0 Å². The second-order valence-corrected chi connectivity index (χ2v) is 9.01. The van der Waals surface area contributed by atoms with Crippen LogP contribution >= 0.6 is 0 Å². The molecule has 0 aliphatic carbocycles. The standard InChI is InChI=1S/C20H23N3O3S/c1-2-27(24,25)19-10-6-4-8-17(19)23-13-11-15(12-14-23)21-20-22-16-7-3-5-9-18(16)26-20/h3-10,15H,2,11-14H2,1H3,(H,21,22). The highest BCUT2D eigenvalue weighted by Gasteiger charge is 2.25. The Morgan fingerprint density at radius 3 is 2.56 bits per heavy atom. The Kier molecular flexibility index (Phi) is 4.78. The van der Waals surface area contributed by atoms with Gasteiger partial charge >= 0.3 is 0 Å². The Bertz CT molecular complexity index is 1000. The highest BCUT2D eigenvalue weighted by Crippen LogP contribution is 2.29. The molecule has 4 rings (SSSR count). The number of hydrogen-bond donors (Lipinski definition) is 1. The number of rotatable bonds is 5. The summed E-state index contributed by atoms with van der Waals surface area (Å²) in [5.74, 6) is 0.111. The quantitative estimate of drug-likeness (QED) is 0.722. The summed E-state index contributed by atoms with van der Waals surface area (Å²) in [7, 11) is -3.24. The smallest absolute Gasteiger partial charge is 0.295 e. The molecule has 1 aliphatic heterocycles. The predicted molar refractivity (Wildman–Crippen MR) is 107 cm³/mol. The zero-order valence-electron chi connectivity index (χ0n) is 15.3. The molecule has 1 aromatic heterocycles. The van der Waals surface area contributed by atoms with E-state index in [1.54, 1.807) is 19.1 Å². The molecule has 0 radical (unpaired) electrons. The molecule has 0 atom stereocenters. The SMILES string of the molecule is CCS(=O)(=O)c1ccccc1N1CCC(Nc2nc3ccccc3o2)CC1. The molecule has 1 N–H and O–H groups in total. The van der Waals surface area contributed by atoms with E-state index in [2.05, 4.69) is 15.2 Å². The topological polar surface area (TPSA) is 75.4 Å². The molecular formula is C20H23N3O3S. The van der Waals surface area contributed by atoms with Gasteiger partial charge in [0, 0.05) is 19.1 Å². The van der Waals surface area contributed by atoms with E-state index in [-0.39, 0.29) is 11.8 Å². The minimum Gasteiger partial charge on any atom is -0.424 e. The van der Waals surface area contributed by atoms with Crippen LogP contribution in [0.1, 0.15) is 19.8 Å². The van der Waals surface area contributed by atoms with Gasteiger partial charge in [0.05, 0.1) is 16.3 Å². The normalized spacial score (nSPS) is 16.0. The summed E-state index contributed by atoms with van der Waals surface area (Å²) in [6.07, 6.45) is 1.78. The van der Waals surface area contributed by atoms with Gasteiger partial charge in [-0.15, -0.1) is 0 Å². The van der Waals surface area contributed by atoms with Crippen LogP contribution in [0.2, 0.25) is 0 Å². The third-order valence-electron chi connectivity index (χ3n) is 5.04. The van der Waals surface area contributed by atoms with Gasteiger partial charge in [-0.05, 0) is 37.1 Å². The molecule has 2 aromatic carbocycles. The van der Waals surface area contributed by atoms with Crippen LogP contribution < -0.4 is 10.2 Å². The fourth-order valence-electron chi connectivity index (χ4n) is 3.51. The highest BCUT2D eigenvalue weighted by atomic mass is 32.2. The summed E-state index contributed by atoms with van der Waals surface area (Å²) >= 11 is 0. The first-order valence-corrected chi connectivity index (χ1v) is 10.9. The Hall–Kier alpha value is -2.54. The molecule has 1 fully saturated rings. The maximum Gasteiger partial charge on any atom is 0.295 e. The van der Waals surface area contributed by atoms with E-state index in [0.717, 1.165) is 42.7 Å². The number of nitrogens with zero attached hydrogens (tertiary/aromatic N) is 2. The van der Waals surface area contributed by atoms with Crippen LogP contribution in [0, 0.1) is 0 Å². The number of piperidine rings is 1. The van der Waals surface area contributed by atoms with Crippen molar-refractivity contribution in [3.05, 3.63) is 48.5 Å². The van der Waals surface area contributed by atoms with Crippen molar-refractivity contribution in [1.82, 2.24) is 4.98 Å². The van der Waals surface area contributed by atoms with Gasteiger partial charge in [0.1, 0.15) is 5.52 Å². The second kappa shape index (κ2) is 7.23. The number of para-hydroxylation sites is 3. The van der Waals surface area contributed by atoms with Crippen molar-refractivity contribution in [2.24, 2.45) is 0 Å². The van der Waals surface area contributed by atoms with E-state index in [4.69, 9.17) is 4.42 Å². The maximum atomic E-state index is 12.4. The van der Waals surface area contributed by atoms with Crippen molar-refractivity contribution >= 4 is 32.6 Å². The molecular weight excluding hydrogens is 362 g/mol. The first kappa shape index (κ1) is 17.9. The molecule has 0 bridgehead atoms. The highest BCUT2D eigenvalue weighted by molar-refractivity contribution is 7.91. The Labute approximate surface area is 159 Å². The van der Waals surface area contributed by atoms with Crippen LogP contribution in [-0.2, 0) is 9.84 Å². The number of sulfone groups is 1. The van der Waals surface area contributed by atoms with Gasteiger partial charge in [0.2, 0.25) is 0 Å². The largest absolute Gasteiger partial charge is 0.424 e. The first-order valence-electron chi connectivity index (χ1n) is 9.25. The molecule has 0 saturated carbocycles. The Morgan fingerprint density at radius 2 is 1.81 bits per heavy atom. The molecule has 27 heavy (non-hydrogen) atoms. The molecule has 1 saturated heterocycles. The van der Waals surface area contributed by atoms with Crippen LogP contribution in [0.15, 0.2) is 57.8 Å². The Balaban J connectivity index is 1.45. The third kappa shape index (κ3) is 3.64. The number of oxazole rings is 1. The van der Waals surface area contributed by atoms with Gasteiger partial charge in [0.25, 0.3) is 6.01 Å². The zero-order chi connectivity index (χ0) is 18.9. The number of fused-ring (bicyclic) bond motifs is 1. The molecule has 7 heteroatoms. The van der Waals surface area contributed by atoms with Gasteiger partial charge in [-0.25, -0.2) is 8.42 Å². The second-order valence-electron chi connectivity index (χ2n) is 6.76. The van der Waals surface area contributed by atoms with E-state index in [1.807, 2.05) is 36.4 Å². The van der Waals surface area contributed by atoms with Crippen LogP contribution in [0.25, 0.3) is 11.1 Å². The summed E-state index contributed by atoms with van der Waals surface area (Å²) in [5, 5.41) is 3.38. The van der Waals surface area contributed by atoms with E-state index in [9.17, 15) is 8.42 Å². The lowest BCUT2D eigenvalue weighted by molar-refractivity contribution is 0.503. The van der Waals surface area contributed by atoms with Crippen molar-refractivity contribution in [3.8, 4) is 0 Å². The van der Waals surface area contributed by atoms with Crippen molar-refractivity contribution in [2.75, 3.05) is 29.1 Å². The average molecular weight is 385 g/mol. The summed E-state index contributed by atoms with van der Waals surface area (Å²) in [5.41, 5.74) is 2.42. The number of hydrogen-bond acceptors (Lipinski definition) is 6. The minimum atomic E-state index is -3.24. The molecule has 142 valence electrons. The van der Waals surface area contributed by atoms with E-state index in [1.165, 1.54) is 0 Å². The monoisotopic (exact) mass is 385 g/mol. The summed E-state index contributed by atoms with van der Waals surface area (Å²) in [6, 6.07) is 15.8. The molecule has 0 spiro atoms. The third-order valence-corrected chi connectivity index (χ3v) is 6.81. The fourth-order valence-corrected chi connectivity index (χ4v) is 4.62. The zero-order valence-corrected chi connectivity index (χ0v) is 16.1. The lowest BCUT2D eigenvalue weighted by atomic mass is 10.0. The number of nitrogens with one attached hydrogen (secondary N) is 1. The van der Waals surface area contributed by atoms with Crippen LogP contribution in [0.4, 0.5) is 11.7 Å². The predicted octanol–water partition coefficient (Wildman–Crippen LogP) is 3.70. The summed E-state index contributed by atoms with van der Waals surface area (Å²) in [4.78, 5) is 7.06. The fraction of sp³-hybridized carbons (Fsp3) is 0.350. The minimum absolute atomic E-state index is 0.111. The lowest BCUT2D eigenvalue weighted by Gasteiger charge is -2.34. The van der Waals surface area contributed by atoms with E-state index >= 15 is 0 Å². The van der Waals surface area contributed by atoms with Crippen LogP contribution in [0.5, 0.6) is 0 Å². The Morgan fingerprint density at radius 1 is 1.11 bits per heavy atom. The molecule has 3 aromatic rings. The van der Waals surface area contributed by atoms with Gasteiger partial charge in [-0.2, -0.15) is 4.98 Å².